The van der Waals surface area contributed by atoms with Gasteiger partial charge in [0.1, 0.15) is 0 Å². The molecule has 0 spiro atoms. The fraction of sp³-hybridized carbons (Fsp3) is 0. The van der Waals surface area contributed by atoms with Gasteiger partial charge in [0.25, 0.3) is 0 Å². The fourth-order valence-electron chi connectivity index (χ4n) is 0.408. The molecule has 0 aliphatic rings. The van der Waals surface area contributed by atoms with Crippen LogP contribution in [0.3, 0.4) is 0 Å². The number of hydrogen-bond acceptors (Lipinski definition) is 12. The first-order valence-corrected chi connectivity index (χ1v) is 5.18. The molecule has 0 aromatic rings. The van der Waals surface area contributed by atoms with Crippen molar-refractivity contribution in [1.29, 1.82) is 0 Å². The van der Waals surface area contributed by atoms with Crippen molar-refractivity contribution in [2.45, 2.75) is 0 Å². The Morgan fingerprint density at radius 1 is 0.360 bits per heavy atom. The van der Waals surface area contributed by atoms with E-state index >= 15 is 0 Å². The molecule has 0 saturated heterocycles. The van der Waals surface area contributed by atoms with Gasteiger partial charge in [-0.25, -0.2) is 0 Å². The molecule has 0 fully saturated rings. The van der Waals surface area contributed by atoms with Crippen LogP contribution in [0.25, 0.3) is 0 Å². The van der Waals surface area contributed by atoms with Gasteiger partial charge in [-0.2, -0.15) is 0 Å². The van der Waals surface area contributed by atoms with E-state index in [2.05, 4.69) is 0 Å². The molecule has 0 unspecified atom stereocenters. The van der Waals surface area contributed by atoms with Crippen molar-refractivity contribution < 1.29 is 80.5 Å². The van der Waals surface area contributed by atoms with Gasteiger partial charge in [-0.3, -0.25) is 0 Å². The maximum atomic E-state index is 9.41. The van der Waals surface area contributed by atoms with Crippen LogP contribution in [0.15, 0.2) is 36.5 Å². The van der Waals surface area contributed by atoms with Crippen molar-refractivity contribution in [1.82, 2.24) is 0 Å². The molecule has 0 atom stereocenters. The van der Waals surface area contributed by atoms with Crippen LogP contribution in [-0.2, 0) is 49.8 Å². The van der Waals surface area contributed by atoms with Gasteiger partial charge in [-0.15, -0.1) is 0 Å². The first-order chi connectivity index (χ1) is 10.9. The first kappa shape index (κ1) is 29.7. The number of rotatable bonds is 6. The average Bonchev–Trinajstić information content (AvgIpc) is 2.42. The molecule has 138 valence electrons. The van der Waals surface area contributed by atoms with Gasteiger partial charge in [0.15, 0.2) is 0 Å². The summed E-state index contributed by atoms with van der Waals surface area (Å²) in [6, 6.07) is 0. The summed E-state index contributed by atoms with van der Waals surface area (Å²) in [6.07, 6.45) is 2.31. The molecule has 0 radical (unpaired) electrons. The zero-order valence-corrected chi connectivity index (χ0v) is 13.8. The van der Waals surface area contributed by atoms with Crippen LogP contribution in [0, 0.1) is 0 Å². The third kappa shape index (κ3) is 52.9. The third-order valence-corrected chi connectivity index (χ3v) is 1.07. The van der Waals surface area contributed by atoms with Crippen molar-refractivity contribution >= 4 is 35.8 Å². The summed E-state index contributed by atoms with van der Waals surface area (Å²) < 4.78 is 0. The second kappa shape index (κ2) is 18.8. The molecule has 25 heavy (non-hydrogen) atoms. The number of carboxylic acids is 6. The normalized spacial score (nSPS) is 9.12. The Balaban J connectivity index is -0.000000130. The van der Waals surface area contributed by atoms with Crippen LogP contribution in [0.5, 0.6) is 0 Å². The van der Waals surface area contributed by atoms with Gasteiger partial charge in [0.05, 0.1) is 35.8 Å². The van der Waals surface area contributed by atoms with Crippen molar-refractivity contribution in [3.05, 3.63) is 36.5 Å². The maximum Gasteiger partial charge on any atom is 0.0643 e. The molecule has 0 saturated carbocycles. The van der Waals surface area contributed by atoms with Crippen molar-refractivity contribution in [2.75, 3.05) is 0 Å². The third-order valence-electron chi connectivity index (χ3n) is 1.07. The molecule has 0 aliphatic carbocycles. The van der Waals surface area contributed by atoms with Crippen molar-refractivity contribution in [2.24, 2.45) is 0 Å². The monoisotopic (exact) mass is 440 g/mol. The van der Waals surface area contributed by atoms with Gasteiger partial charge in [-0.05, 0) is 36.5 Å². The van der Waals surface area contributed by atoms with E-state index < -0.39 is 35.8 Å². The molecule has 0 aromatic carbocycles. The molecule has 0 amide bonds. The van der Waals surface area contributed by atoms with Gasteiger partial charge in [0.2, 0.25) is 0 Å². The zero-order chi connectivity index (χ0) is 19.7. The van der Waals surface area contributed by atoms with E-state index in [0.29, 0.717) is 36.5 Å². The van der Waals surface area contributed by atoms with Gasteiger partial charge in [-0.1, -0.05) is 0 Å². The van der Waals surface area contributed by atoms with E-state index in [1.807, 2.05) is 0 Å². The Hall–Kier alpha value is -3.27. The predicted molar refractivity (Wildman–Crippen MR) is 57.5 cm³/mol. The van der Waals surface area contributed by atoms with Crippen LogP contribution in [0.1, 0.15) is 0 Å². The number of carboxylic acid groups (broad SMARTS) is 6. The molecule has 0 N–H and O–H groups in total. The standard InChI is InChI=1S/3C4H4O4.Mo/c3*5-3(6)1-2-4(7)8;/h3*1-2H,(H,5,6)(H,7,8);/p-6/b3*2-1-;. The molecule has 0 heterocycles. The summed E-state index contributed by atoms with van der Waals surface area (Å²) >= 11 is 0. The average molecular weight is 438 g/mol. The largest absolute Gasteiger partial charge is 0.545 e. The van der Waals surface area contributed by atoms with E-state index in [0.717, 1.165) is 0 Å². The molecule has 0 aromatic heterocycles. The summed E-state index contributed by atoms with van der Waals surface area (Å²) in [5.41, 5.74) is 0. The second-order valence-electron chi connectivity index (χ2n) is 2.91. The number of hydrogen-bond donors (Lipinski definition) is 0. The summed E-state index contributed by atoms with van der Waals surface area (Å²) in [5.74, 6) is -9.28. The fourth-order valence-corrected chi connectivity index (χ4v) is 0.408. The van der Waals surface area contributed by atoms with Crippen molar-refractivity contribution in [3.63, 3.8) is 0 Å². The summed E-state index contributed by atoms with van der Waals surface area (Å²) in [4.78, 5) is 56.5. The van der Waals surface area contributed by atoms with E-state index in [1.54, 1.807) is 0 Å². The van der Waals surface area contributed by atoms with Gasteiger partial charge >= 0.3 is 0 Å². The SMILES string of the molecule is O=C([O-])/C=C\C(=O)[O-].O=C([O-])/C=C\C(=O)[O-].O=C([O-])/C=C\C(=O)[O-].[Mo]. The summed E-state index contributed by atoms with van der Waals surface area (Å²) in [7, 11) is 0. The smallest absolute Gasteiger partial charge is 0.0643 e. The maximum absolute atomic E-state index is 9.41. The Bertz CT molecular complexity index is 444. The number of aliphatic carboxylic acids is 6. The molecule has 0 aliphatic heterocycles. The predicted octanol–water partition coefficient (Wildman–Crippen LogP) is -8.88. The van der Waals surface area contributed by atoms with E-state index in [-0.39, 0.29) is 21.1 Å². The quantitative estimate of drug-likeness (QED) is 0.277. The number of carbonyl (C=O) groups is 6. The first-order valence-electron chi connectivity index (χ1n) is 5.18. The molecule has 0 rings (SSSR count). The van der Waals surface area contributed by atoms with Gasteiger partial charge < -0.3 is 59.4 Å². The summed E-state index contributed by atoms with van der Waals surface area (Å²) in [5, 5.41) is 56.5. The van der Waals surface area contributed by atoms with Gasteiger partial charge in [0, 0.05) is 21.1 Å². The van der Waals surface area contributed by atoms with Crippen LogP contribution in [-0.4, -0.2) is 35.8 Å². The summed E-state index contributed by atoms with van der Waals surface area (Å²) in [6.45, 7) is 0. The Morgan fingerprint density at radius 3 is 0.480 bits per heavy atom. The van der Waals surface area contributed by atoms with Crippen LogP contribution in [0.2, 0.25) is 0 Å². The van der Waals surface area contributed by atoms with Crippen molar-refractivity contribution in [3.8, 4) is 0 Å². The molecular formula is C12H6MoO12-6. The zero-order valence-electron chi connectivity index (χ0n) is 11.8. The minimum atomic E-state index is -1.55. The minimum absolute atomic E-state index is 0. The minimum Gasteiger partial charge on any atom is -0.545 e. The Kier molecular flexibility index (Phi) is 22.3. The van der Waals surface area contributed by atoms with Crippen LogP contribution in [0.4, 0.5) is 0 Å². The topological polar surface area (TPSA) is 241 Å². The molecule has 0 bridgehead atoms. The van der Waals surface area contributed by atoms with Crippen LogP contribution < -0.4 is 30.6 Å². The van der Waals surface area contributed by atoms with E-state index in [4.69, 9.17) is 0 Å². The Labute approximate surface area is 153 Å². The van der Waals surface area contributed by atoms with E-state index in [1.165, 1.54) is 0 Å². The second-order valence-corrected chi connectivity index (χ2v) is 2.91. The molecule has 12 nitrogen and oxygen atoms in total. The Morgan fingerprint density at radius 2 is 0.440 bits per heavy atom. The van der Waals surface area contributed by atoms with E-state index in [9.17, 15) is 59.4 Å². The molecule has 13 heteroatoms. The number of carbonyl (C=O) groups excluding carboxylic acids is 6. The van der Waals surface area contributed by atoms with Crippen LogP contribution >= 0.6 is 0 Å². The molecular weight excluding hydrogens is 432 g/mol.